The summed E-state index contributed by atoms with van der Waals surface area (Å²) >= 11 is 0. The topological polar surface area (TPSA) is 46.6 Å². The smallest absolute Gasteiger partial charge is 0.310 e. The Bertz CT molecular complexity index is 498. The fraction of sp³-hybridized carbons (Fsp3) is 0.385. The lowest BCUT2D eigenvalue weighted by Gasteiger charge is -2.16. The van der Waals surface area contributed by atoms with Crippen molar-refractivity contribution < 1.29 is 23.1 Å². The average molecular weight is 269 g/mol. The fourth-order valence-corrected chi connectivity index (χ4v) is 2.16. The molecule has 1 aromatic carbocycles. The third-order valence-electron chi connectivity index (χ3n) is 3.12. The fourth-order valence-electron chi connectivity index (χ4n) is 2.16. The predicted octanol–water partition coefficient (Wildman–Crippen LogP) is 1.60. The maximum atomic E-state index is 13.0. The van der Waals surface area contributed by atoms with E-state index < -0.39 is 17.5 Å². The van der Waals surface area contributed by atoms with E-state index in [0.717, 1.165) is 12.1 Å². The highest BCUT2D eigenvalue weighted by Gasteiger charge is 2.32. The zero-order valence-electron chi connectivity index (χ0n) is 10.4. The first-order chi connectivity index (χ1) is 9.01. The number of rotatable bonds is 2. The molecule has 0 aliphatic carbocycles. The van der Waals surface area contributed by atoms with Gasteiger partial charge in [-0.25, -0.2) is 8.78 Å². The molecule has 2 rings (SSSR count). The van der Waals surface area contributed by atoms with Gasteiger partial charge in [0.1, 0.15) is 11.6 Å². The number of benzene rings is 1. The minimum Gasteiger partial charge on any atom is -0.469 e. The number of halogens is 2. The molecule has 0 saturated carbocycles. The molecule has 0 bridgehead atoms. The van der Waals surface area contributed by atoms with E-state index in [1.807, 2.05) is 0 Å². The molecule has 102 valence electrons. The monoisotopic (exact) mass is 269 g/mol. The zero-order valence-corrected chi connectivity index (χ0v) is 10.4. The highest BCUT2D eigenvalue weighted by Crippen LogP contribution is 2.20. The van der Waals surface area contributed by atoms with Crippen LogP contribution in [-0.2, 0) is 9.53 Å². The normalized spacial score (nSPS) is 18.5. The Balaban J connectivity index is 2.11. The highest BCUT2D eigenvalue weighted by molar-refractivity contribution is 5.94. The van der Waals surface area contributed by atoms with Gasteiger partial charge in [-0.05, 0) is 18.6 Å². The van der Waals surface area contributed by atoms with E-state index in [1.54, 1.807) is 0 Å². The molecular formula is C13H13F2NO3. The van der Waals surface area contributed by atoms with E-state index in [9.17, 15) is 18.4 Å². The van der Waals surface area contributed by atoms with Crippen LogP contribution in [0.4, 0.5) is 8.78 Å². The van der Waals surface area contributed by atoms with Gasteiger partial charge in [0.15, 0.2) is 0 Å². The molecule has 6 heteroatoms. The van der Waals surface area contributed by atoms with Crippen LogP contribution in [0.5, 0.6) is 0 Å². The van der Waals surface area contributed by atoms with Gasteiger partial charge < -0.3 is 9.64 Å². The van der Waals surface area contributed by atoms with Crippen LogP contribution in [0.15, 0.2) is 18.2 Å². The number of methoxy groups -OCH3 is 1. The van der Waals surface area contributed by atoms with Crippen LogP contribution in [0.3, 0.4) is 0 Å². The molecule has 0 spiro atoms. The number of hydrogen-bond donors (Lipinski definition) is 0. The van der Waals surface area contributed by atoms with Crippen LogP contribution in [0, 0.1) is 17.6 Å². The van der Waals surface area contributed by atoms with E-state index in [-0.39, 0.29) is 24.0 Å². The van der Waals surface area contributed by atoms with Crippen LogP contribution in [0.25, 0.3) is 0 Å². The predicted molar refractivity (Wildman–Crippen MR) is 62.4 cm³/mol. The van der Waals surface area contributed by atoms with Crippen molar-refractivity contribution in [3.05, 3.63) is 35.4 Å². The van der Waals surface area contributed by atoms with Gasteiger partial charge >= 0.3 is 5.97 Å². The van der Waals surface area contributed by atoms with Crippen molar-refractivity contribution in [2.75, 3.05) is 20.2 Å². The molecule has 1 aliphatic rings. The first-order valence-electron chi connectivity index (χ1n) is 5.84. The molecule has 1 aliphatic heterocycles. The molecule has 1 heterocycles. The molecule has 0 N–H and O–H groups in total. The summed E-state index contributed by atoms with van der Waals surface area (Å²) in [6, 6.07) is 2.67. The Hall–Kier alpha value is -1.98. The summed E-state index contributed by atoms with van der Waals surface area (Å²) in [5.41, 5.74) is -0.0528. The summed E-state index contributed by atoms with van der Waals surface area (Å²) in [4.78, 5) is 24.8. The number of likely N-dealkylation sites (tertiary alicyclic amines) is 1. The first-order valence-corrected chi connectivity index (χ1v) is 5.84. The number of hydrogen-bond acceptors (Lipinski definition) is 3. The molecular weight excluding hydrogens is 256 g/mol. The summed E-state index contributed by atoms with van der Waals surface area (Å²) < 4.78 is 30.7. The second kappa shape index (κ2) is 5.34. The minimum atomic E-state index is -0.799. The number of nitrogens with zero attached hydrogens (tertiary/aromatic N) is 1. The average Bonchev–Trinajstić information content (AvgIpc) is 2.85. The quantitative estimate of drug-likeness (QED) is 0.766. The summed E-state index contributed by atoms with van der Waals surface area (Å²) in [7, 11) is 1.29. The molecule has 1 atom stereocenters. The van der Waals surface area contributed by atoms with E-state index in [1.165, 1.54) is 12.0 Å². The van der Waals surface area contributed by atoms with Gasteiger partial charge in [-0.15, -0.1) is 0 Å². The van der Waals surface area contributed by atoms with Crippen LogP contribution in [-0.4, -0.2) is 37.0 Å². The second-order valence-corrected chi connectivity index (χ2v) is 4.42. The van der Waals surface area contributed by atoms with Gasteiger partial charge in [0.2, 0.25) is 0 Å². The van der Waals surface area contributed by atoms with Crippen molar-refractivity contribution in [1.82, 2.24) is 4.90 Å². The third kappa shape index (κ3) is 2.89. The zero-order chi connectivity index (χ0) is 14.0. The molecule has 1 amide bonds. The number of ether oxygens (including phenoxy) is 1. The number of carbonyl (C=O) groups excluding carboxylic acids is 2. The van der Waals surface area contributed by atoms with Gasteiger partial charge in [0.05, 0.1) is 13.0 Å². The summed E-state index contributed by atoms with van der Waals surface area (Å²) in [6.45, 7) is 0.584. The molecule has 0 aromatic heterocycles. The van der Waals surface area contributed by atoms with Crippen molar-refractivity contribution >= 4 is 11.9 Å². The van der Waals surface area contributed by atoms with Crippen molar-refractivity contribution in [1.29, 1.82) is 0 Å². The van der Waals surface area contributed by atoms with Crippen molar-refractivity contribution in [3.63, 3.8) is 0 Å². The minimum absolute atomic E-state index is 0.0528. The Labute approximate surface area is 109 Å². The highest BCUT2D eigenvalue weighted by atomic mass is 19.1. The maximum Gasteiger partial charge on any atom is 0.310 e. The van der Waals surface area contributed by atoms with Crippen LogP contribution >= 0.6 is 0 Å². The lowest BCUT2D eigenvalue weighted by molar-refractivity contribution is -0.144. The number of amides is 1. The van der Waals surface area contributed by atoms with Crippen molar-refractivity contribution in [2.24, 2.45) is 5.92 Å². The van der Waals surface area contributed by atoms with Gasteiger partial charge in [0.25, 0.3) is 5.91 Å². The molecule has 1 fully saturated rings. The van der Waals surface area contributed by atoms with E-state index in [0.29, 0.717) is 19.0 Å². The van der Waals surface area contributed by atoms with Crippen LogP contribution in [0.2, 0.25) is 0 Å². The Morgan fingerprint density at radius 1 is 1.26 bits per heavy atom. The molecule has 1 unspecified atom stereocenters. The van der Waals surface area contributed by atoms with Crippen LogP contribution < -0.4 is 0 Å². The lowest BCUT2D eigenvalue weighted by Crippen LogP contribution is -2.30. The van der Waals surface area contributed by atoms with E-state index in [2.05, 4.69) is 4.74 Å². The number of esters is 1. The van der Waals surface area contributed by atoms with Gasteiger partial charge in [0, 0.05) is 24.7 Å². The van der Waals surface area contributed by atoms with Gasteiger partial charge in [-0.1, -0.05) is 0 Å². The Kier molecular flexibility index (Phi) is 3.78. The summed E-state index contributed by atoms with van der Waals surface area (Å²) in [5.74, 6) is -2.82. The second-order valence-electron chi connectivity index (χ2n) is 4.42. The summed E-state index contributed by atoms with van der Waals surface area (Å²) in [5, 5.41) is 0. The van der Waals surface area contributed by atoms with Crippen molar-refractivity contribution in [3.8, 4) is 0 Å². The molecule has 1 aromatic rings. The molecule has 1 saturated heterocycles. The van der Waals surface area contributed by atoms with Crippen molar-refractivity contribution in [2.45, 2.75) is 6.42 Å². The Morgan fingerprint density at radius 3 is 2.47 bits per heavy atom. The first kappa shape index (κ1) is 13.5. The van der Waals surface area contributed by atoms with E-state index >= 15 is 0 Å². The Morgan fingerprint density at radius 2 is 1.89 bits per heavy atom. The summed E-state index contributed by atoms with van der Waals surface area (Å²) in [6.07, 6.45) is 0.496. The van der Waals surface area contributed by atoms with Gasteiger partial charge in [-0.3, -0.25) is 9.59 Å². The van der Waals surface area contributed by atoms with E-state index in [4.69, 9.17) is 0 Å². The molecule has 4 nitrogen and oxygen atoms in total. The largest absolute Gasteiger partial charge is 0.469 e. The lowest BCUT2D eigenvalue weighted by atomic mass is 10.1. The standard InChI is InChI=1S/C13H13F2NO3/c1-19-13(18)8-2-3-16(7-8)12(17)9-4-10(14)6-11(15)5-9/h4-6,8H,2-3,7H2,1H3. The van der Waals surface area contributed by atoms with Gasteiger partial charge in [-0.2, -0.15) is 0 Å². The third-order valence-corrected chi connectivity index (χ3v) is 3.12. The SMILES string of the molecule is COC(=O)C1CCN(C(=O)c2cc(F)cc(F)c2)C1. The molecule has 0 radical (unpaired) electrons. The number of carbonyl (C=O) groups is 2. The molecule has 19 heavy (non-hydrogen) atoms. The van der Waals surface area contributed by atoms with Crippen LogP contribution in [0.1, 0.15) is 16.8 Å². The maximum absolute atomic E-state index is 13.0.